The summed E-state index contributed by atoms with van der Waals surface area (Å²) in [7, 11) is -3.97. The summed E-state index contributed by atoms with van der Waals surface area (Å²) in [4.78, 5) is 23.5. The van der Waals surface area contributed by atoms with Crippen molar-refractivity contribution in [2.75, 3.05) is 11.9 Å². The monoisotopic (exact) mass is 376 g/mol. The lowest BCUT2D eigenvalue weighted by atomic mass is 10.2. The number of aromatic nitrogens is 2. The summed E-state index contributed by atoms with van der Waals surface area (Å²) in [5.74, 6) is -0.544. The number of sulfone groups is 1. The Balaban J connectivity index is 2.04. The second kappa shape index (κ2) is 7.88. The minimum absolute atomic E-state index is 0.00424. The summed E-state index contributed by atoms with van der Waals surface area (Å²) in [5, 5.41) is 10.9. The molecule has 1 fully saturated rings. The van der Waals surface area contributed by atoms with Gasteiger partial charge in [-0.3, -0.25) is 10.1 Å². The highest BCUT2D eigenvalue weighted by molar-refractivity contribution is 7.94. The van der Waals surface area contributed by atoms with E-state index in [1.807, 2.05) is 0 Å². The second-order valence-electron chi connectivity index (χ2n) is 5.40. The van der Waals surface area contributed by atoms with Gasteiger partial charge in [-0.15, -0.1) is 10.2 Å². The highest BCUT2D eigenvalue weighted by Crippen LogP contribution is 2.24. The second-order valence-corrected chi connectivity index (χ2v) is 8.82. The summed E-state index contributed by atoms with van der Waals surface area (Å²) < 4.78 is 29.3. The molecule has 24 heavy (non-hydrogen) atoms. The molecule has 0 bridgehead atoms. The lowest BCUT2D eigenvalue weighted by Crippen LogP contribution is -2.42. The van der Waals surface area contributed by atoms with E-state index in [0.717, 1.165) is 25.7 Å². The molecule has 1 unspecified atom stereocenters. The lowest BCUT2D eigenvalue weighted by molar-refractivity contribution is -0.121. The summed E-state index contributed by atoms with van der Waals surface area (Å²) in [6.45, 7) is 3.13. The van der Waals surface area contributed by atoms with E-state index in [2.05, 4.69) is 25.6 Å². The van der Waals surface area contributed by atoms with Crippen LogP contribution in [0.25, 0.3) is 0 Å². The molecule has 0 aliphatic heterocycles. The van der Waals surface area contributed by atoms with Gasteiger partial charge in [0.1, 0.15) is 5.25 Å². The fourth-order valence-corrected chi connectivity index (χ4v) is 4.72. The fraction of sp³-hybridized carbons (Fsp3) is 0.692. The number of rotatable bonds is 6. The van der Waals surface area contributed by atoms with Crippen LogP contribution in [0.4, 0.5) is 9.93 Å². The van der Waals surface area contributed by atoms with Crippen LogP contribution in [0.5, 0.6) is 0 Å². The quantitative estimate of drug-likeness (QED) is 0.717. The first kappa shape index (κ1) is 18.6. The molecule has 1 aromatic heterocycles. The Kier molecular flexibility index (Phi) is 6.10. The van der Waals surface area contributed by atoms with Crippen LogP contribution in [-0.4, -0.2) is 48.5 Å². The smallest absolute Gasteiger partial charge is 0.413 e. The van der Waals surface area contributed by atoms with Crippen molar-refractivity contribution in [2.24, 2.45) is 0 Å². The molecular weight excluding hydrogens is 356 g/mol. The maximum Gasteiger partial charge on any atom is 0.413 e. The summed E-state index contributed by atoms with van der Waals surface area (Å²) in [6.07, 6.45) is 3.05. The zero-order valence-corrected chi connectivity index (χ0v) is 15.1. The van der Waals surface area contributed by atoms with Gasteiger partial charge in [0.25, 0.3) is 0 Å². The van der Waals surface area contributed by atoms with Crippen molar-refractivity contribution >= 4 is 38.3 Å². The topological polar surface area (TPSA) is 127 Å². The van der Waals surface area contributed by atoms with E-state index in [4.69, 9.17) is 0 Å². The Labute approximate surface area is 144 Å². The zero-order chi connectivity index (χ0) is 17.7. The van der Waals surface area contributed by atoms with Crippen molar-refractivity contribution < 1.29 is 22.7 Å². The number of hydrogen-bond acceptors (Lipinski definition) is 8. The van der Waals surface area contributed by atoms with Gasteiger partial charge >= 0.3 is 6.09 Å². The maximum atomic E-state index is 12.5. The lowest BCUT2D eigenvalue weighted by Gasteiger charge is -2.15. The standard InChI is InChI=1S/C13H20N4O5S2/c1-3-22-12(19)15-11-16-17-13(23-11)24(20,21)8(2)10(18)14-9-6-4-5-7-9/h8-9H,3-7H2,1-2H3,(H,14,18)(H,15,16,19). The van der Waals surface area contributed by atoms with E-state index in [9.17, 15) is 18.0 Å². The number of hydrogen-bond donors (Lipinski definition) is 2. The molecule has 0 radical (unpaired) electrons. The molecule has 0 aromatic carbocycles. The summed E-state index contributed by atoms with van der Waals surface area (Å²) in [6, 6.07) is 0.0330. The Bertz CT molecular complexity index is 697. The Morgan fingerprint density at radius 1 is 1.33 bits per heavy atom. The average Bonchev–Trinajstić information content (AvgIpc) is 3.18. The van der Waals surface area contributed by atoms with E-state index >= 15 is 0 Å². The third-order valence-corrected chi connectivity index (χ3v) is 6.96. The first-order chi connectivity index (χ1) is 11.3. The van der Waals surface area contributed by atoms with Crippen molar-refractivity contribution in [3.63, 3.8) is 0 Å². The minimum atomic E-state index is -3.97. The van der Waals surface area contributed by atoms with Crippen LogP contribution in [0.15, 0.2) is 4.34 Å². The molecule has 1 atom stereocenters. The Morgan fingerprint density at radius 3 is 2.62 bits per heavy atom. The minimum Gasteiger partial charge on any atom is -0.450 e. The normalized spacial score (nSPS) is 16.6. The molecule has 1 saturated carbocycles. The maximum absolute atomic E-state index is 12.5. The molecule has 2 rings (SSSR count). The predicted molar refractivity (Wildman–Crippen MR) is 87.6 cm³/mol. The van der Waals surface area contributed by atoms with E-state index in [0.29, 0.717) is 11.3 Å². The molecule has 9 nitrogen and oxygen atoms in total. The molecule has 2 amide bonds. The van der Waals surface area contributed by atoms with Crippen LogP contribution in [-0.2, 0) is 19.4 Å². The molecule has 0 saturated heterocycles. The largest absolute Gasteiger partial charge is 0.450 e. The third-order valence-electron chi connectivity index (χ3n) is 3.67. The van der Waals surface area contributed by atoms with Crippen LogP contribution in [0.3, 0.4) is 0 Å². The fourth-order valence-electron chi connectivity index (χ4n) is 2.31. The molecule has 1 aromatic rings. The van der Waals surface area contributed by atoms with Crippen LogP contribution in [0.1, 0.15) is 39.5 Å². The van der Waals surface area contributed by atoms with Crippen LogP contribution in [0.2, 0.25) is 0 Å². The number of nitrogens with one attached hydrogen (secondary N) is 2. The van der Waals surface area contributed by atoms with Crippen molar-refractivity contribution in [1.29, 1.82) is 0 Å². The van der Waals surface area contributed by atoms with Gasteiger partial charge in [0.2, 0.25) is 25.2 Å². The van der Waals surface area contributed by atoms with E-state index in [-0.39, 0.29) is 22.1 Å². The number of nitrogens with zero attached hydrogens (tertiary/aromatic N) is 2. The third kappa shape index (κ3) is 4.41. The van der Waals surface area contributed by atoms with Gasteiger partial charge in [-0.1, -0.05) is 24.2 Å². The van der Waals surface area contributed by atoms with Gasteiger partial charge in [0, 0.05) is 6.04 Å². The first-order valence-corrected chi connectivity index (χ1v) is 10.0. The van der Waals surface area contributed by atoms with E-state index < -0.39 is 27.1 Å². The van der Waals surface area contributed by atoms with E-state index in [1.165, 1.54) is 6.92 Å². The zero-order valence-electron chi connectivity index (χ0n) is 13.4. The molecule has 1 heterocycles. The number of carbonyl (C=O) groups is 2. The molecule has 11 heteroatoms. The van der Waals surface area contributed by atoms with Gasteiger partial charge in [0.15, 0.2) is 0 Å². The summed E-state index contributed by atoms with van der Waals surface area (Å²) >= 11 is 0.680. The van der Waals surface area contributed by atoms with Crippen molar-refractivity contribution in [1.82, 2.24) is 15.5 Å². The van der Waals surface area contributed by atoms with Crippen molar-refractivity contribution in [3.05, 3.63) is 0 Å². The molecule has 0 spiro atoms. The van der Waals surface area contributed by atoms with Crippen molar-refractivity contribution in [3.8, 4) is 0 Å². The predicted octanol–water partition coefficient (Wildman–Crippen LogP) is 1.33. The molecule has 1 aliphatic carbocycles. The molecule has 134 valence electrons. The number of anilines is 1. The molecular formula is C13H20N4O5S2. The van der Waals surface area contributed by atoms with Gasteiger partial charge in [-0.25, -0.2) is 13.2 Å². The number of carbonyl (C=O) groups excluding carboxylic acids is 2. The number of amides is 2. The van der Waals surface area contributed by atoms with Gasteiger partial charge in [-0.05, 0) is 26.7 Å². The van der Waals surface area contributed by atoms with Gasteiger partial charge < -0.3 is 10.1 Å². The van der Waals surface area contributed by atoms with Gasteiger partial charge in [0.05, 0.1) is 6.61 Å². The highest BCUT2D eigenvalue weighted by atomic mass is 32.2. The van der Waals surface area contributed by atoms with Gasteiger partial charge in [-0.2, -0.15) is 0 Å². The molecule has 2 N–H and O–H groups in total. The SMILES string of the molecule is CCOC(=O)Nc1nnc(S(=O)(=O)C(C)C(=O)NC2CCCC2)s1. The van der Waals surface area contributed by atoms with Crippen molar-refractivity contribution in [2.45, 2.75) is 55.2 Å². The summed E-state index contributed by atoms with van der Waals surface area (Å²) in [5.41, 5.74) is 0. The number of ether oxygens (including phenoxy) is 1. The first-order valence-electron chi connectivity index (χ1n) is 7.66. The van der Waals surface area contributed by atoms with E-state index in [1.54, 1.807) is 6.92 Å². The van der Waals surface area contributed by atoms with Crippen LogP contribution < -0.4 is 10.6 Å². The molecule has 1 aliphatic rings. The Morgan fingerprint density at radius 2 is 2.00 bits per heavy atom. The average molecular weight is 376 g/mol. The Hall–Kier alpha value is -1.75. The highest BCUT2D eigenvalue weighted by Gasteiger charge is 2.34. The van der Waals surface area contributed by atoms with Crippen LogP contribution in [0, 0.1) is 0 Å². The van der Waals surface area contributed by atoms with Crippen LogP contribution >= 0.6 is 11.3 Å².